The minimum atomic E-state index is -4.62. The van der Waals surface area contributed by atoms with E-state index in [-0.39, 0.29) is 13.0 Å². The summed E-state index contributed by atoms with van der Waals surface area (Å²) < 4.78 is 33.1. The minimum Gasteiger partial charge on any atom is -0.480 e. The SMILES string of the molecule is CC/C=C\C/C=C\C/C=C\C/C=C\CCCCC(=O)OC(COCCCCCCCC/C=C\CCCC)COP(=O)(O)OCC(N)C(=O)O. The van der Waals surface area contributed by atoms with Crippen LogP contribution in [0.1, 0.15) is 129 Å². The van der Waals surface area contributed by atoms with Crippen molar-refractivity contribution in [3.63, 3.8) is 0 Å². The lowest BCUT2D eigenvalue weighted by atomic mass is 10.1. The number of nitrogens with two attached hydrogens (primary N) is 1. The Hall–Kier alpha value is -2.33. The van der Waals surface area contributed by atoms with Gasteiger partial charge in [0.05, 0.1) is 19.8 Å². The van der Waals surface area contributed by atoms with Gasteiger partial charge in [-0.15, -0.1) is 0 Å². The van der Waals surface area contributed by atoms with Crippen LogP contribution in [0.4, 0.5) is 0 Å². The number of phosphoric ester groups is 1. The van der Waals surface area contributed by atoms with E-state index in [1.165, 1.54) is 38.5 Å². The normalized spacial score (nSPS) is 14.9. The Kier molecular flexibility index (Phi) is 32.5. The van der Waals surface area contributed by atoms with Crippen LogP contribution >= 0.6 is 7.82 Å². The van der Waals surface area contributed by atoms with Gasteiger partial charge in [0, 0.05) is 13.0 Å². The van der Waals surface area contributed by atoms with E-state index in [9.17, 15) is 19.0 Å². The van der Waals surface area contributed by atoms with Gasteiger partial charge in [-0.1, -0.05) is 113 Å². The van der Waals surface area contributed by atoms with E-state index in [1.807, 2.05) is 0 Å². The van der Waals surface area contributed by atoms with E-state index in [1.54, 1.807) is 0 Å². The molecular formula is C38H66NO9P. The van der Waals surface area contributed by atoms with Gasteiger partial charge in [-0.3, -0.25) is 18.6 Å². The number of carbonyl (C=O) groups excluding carboxylic acids is 1. The first-order chi connectivity index (χ1) is 23.7. The Morgan fingerprint density at radius 1 is 0.673 bits per heavy atom. The van der Waals surface area contributed by atoms with Crippen LogP contribution in [0.25, 0.3) is 0 Å². The number of hydrogen-bond acceptors (Lipinski definition) is 8. The molecule has 0 aromatic heterocycles. The standard InChI is InChI=1S/C38H66NO9P/c1-3-5-7-9-11-13-15-17-18-19-20-22-24-26-28-30-37(40)48-35(33-46-49(43,44)47-34-36(39)38(41)42)32-45-31-29-27-25-23-21-16-14-12-10-8-6-4-2/h5,7,10-13,17-18,20,22,35-36H,3-4,6,8-9,14-16,19,21,23-34,39H2,1-2H3,(H,41,42)(H,43,44)/b7-5-,12-10-,13-11-,18-17-,22-20-. The number of phosphoric acid groups is 1. The summed E-state index contributed by atoms with van der Waals surface area (Å²) in [5.41, 5.74) is 5.33. The summed E-state index contributed by atoms with van der Waals surface area (Å²) in [4.78, 5) is 33.3. The molecule has 0 fully saturated rings. The van der Waals surface area contributed by atoms with Gasteiger partial charge in [0.15, 0.2) is 0 Å². The van der Waals surface area contributed by atoms with Gasteiger partial charge in [0.25, 0.3) is 0 Å². The van der Waals surface area contributed by atoms with Crippen molar-refractivity contribution < 1.29 is 42.7 Å². The Labute approximate surface area is 296 Å². The first-order valence-corrected chi connectivity index (χ1v) is 19.8. The number of carbonyl (C=O) groups is 2. The van der Waals surface area contributed by atoms with Crippen LogP contribution in [0.3, 0.4) is 0 Å². The molecule has 0 saturated heterocycles. The van der Waals surface area contributed by atoms with Crippen molar-refractivity contribution in [2.24, 2.45) is 5.73 Å². The second-order valence-electron chi connectivity index (χ2n) is 12.0. The summed E-state index contributed by atoms with van der Waals surface area (Å²) in [6, 6.07) is -1.48. The van der Waals surface area contributed by atoms with Crippen molar-refractivity contribution in [1.82, 2.24) is 0 Å². The van der Waals surface area contributed by atoms with Crippen LogP contribution < -0.4 is 5.73 Å². The number of ether oxygens (including phenoxy) is 2. The third-order valence-corrected chi connectivity index (χ3v) is 8.23. The van der Waals surface area contributed by atoms with Gasteiger partial charge in [0.1, 0.15) is 12.1 Å². The van der Waals surface area contributed by atoms with E-state index < -0.39 is 45.1 Å². The highest BCUT2D eigenvalue weighted by Gasteiger charge is 2.27. The van der Waals surface area contributed by atoms with Crippen molar-refractivity contribution in [2.45, 2.75) is 142 Å². The average molecular weight is 712 g/mol. The third kappa shape index (κ3) is 33.9. The predicted molar refractivity (Wildman–Crippen MR) is 198 cm³/mol. The molecular weight excluding hydrogens is 645 g/mol. The van der Waals surface area contributed by atoms with Crippen LogP contribution in [0.5, 0.6) is 0 Å². The maximum atomic E-state index is 12.5. The van der Waals surface area contributed by atoms with Crippen LogP contribution in [-0.4, -0.2) is 60.5 Å². The van der Waals surface area contributed by atoms with Crippen molar-refractivity contribution in [3.8, 4) is 0 Å². The van der Waals surface area contributed by atoms with E-state index in [0.29, 0.717) is 13.0 Å². The molecule has 282 valence electrons. The number of rotatable bonds is 34. The zero-order valence-electron chi connectivity index (χ0n) is 30.3. The summed E-state index contributed by atoms with van der Waals surface area (Å²) in [5.74, 6) is -1.83. The quantitative estimate of drug-likeness (QED) is 0.0255. The number of allylic oxidation sites excluding steroid dienone is 10. The summed E-state index contributed by atoms with van der Waals surface area (Å²) in [7, 11) is -4.62. The van der Waals surface area contributed by atoms with Crippen LogP contribution in [-0.2, 0) is 32.7 Å². The fraction of sp³-hybridized carbons (Fsp3) is 0.684. The van der Waals surface area contributed by atoms with Gasteiger partial charge < -0.3 is 25.2 Å². The molecule has 4 N–H and O–H groups in total. The topological polar surface area (TPSA) is 155 Å². The number of esters is 1. The summed E-state index contributed by atoms with van der Waals surface area (Å²) in [6.45, 7) is 3.63. The lowest BCUT2D eigenvalue weighted by Crippen LogP contribution is -2.34. The first kappa shape index (κ1) is 46.7. The smallest absolute Gasteiger partial charge is 0.472 e. The number of carboxylic acid groups (broad SMARTS) is 1. The van der Waals surface area contributed by atoms with E-state index >= 15 is 0 Å². The largest absolute Gasteiger partial charge is 0.480 e. The zero-order valence-corrected chi connectivity index (χ0v) is 31.2. The molecule has 11 heteroatoms. The van der Waals surface area contributed by atoms with Crippen molar-refractivity contribution in [2.75, 3.05) is 26.4 Å². The molecule has 0 rings (SSSR count). The highest BCUT2D eigenvalue weighted by Crippen LogP contribution is 2.43. The zero-order chi connectivity index (χ0) is 36.3. The van der Waals surface area contributed by atoms with Crippen molar-refractivity contribution in [1.29, 1.82) is 0 Å². The molecule has 10 nitrogen and oxygen atoms in total. The second-order valence-corrected chi connectivity index (χ2v) is 13.4. The molecule has 0 aromatic carbocycles. The Morgan fingerprint density at radius 2 is 1.18 bits per heavy atom. The molecule has 0 bridgehead atoms. The Balaban J connectivity index is 4.43. The lowest BCUT2D eigenvalue weighted by molar-refractivity contribution is -0.154. The monoisotopic (exact) mass is 711 g/mol. The summed E-state index contributed by atoms with van der Waals surface area (Å²) >= 11 is 0. The number of unbranched alkanes of at least 4 members (excludes halogenated alkanes) is 10. The maximum absolute atomic E-state index is 12.5. The average Bonchev–Trinajstić information content (AvgIpc) is 3.07. The minimum absolute atomic E-state index is 0.00724. The molecule has 49 heavy (non-hydrogen) atoms. The van der Waals surface area contributed by atoms with E-state index in [0.717, 1.165) is 64.2 Å². The fourth-order valence-electron chi connectivity index (χ4n) is 4.40. The molecule has 0 aliphatic rings. The van der Waals surface area contributed by atoms with E-state index in [4.69, 9.17) is 24.8 Å². The van der Waals surface area contributed by atoms with Gasteiger partial charge >= 0.3 is 19.8 Å². The highest BCUT2D eigenvalue weighted by molar-refractivity contribution is 7.47. The van der Waals surface area contributed by atoms with Crippen molar-refractivity contribution in [3.05, 3.63) is 60.8 Å². The number of aliphatic carboxylic acids is 1. The van der Waals surface area contributed by atoms with E-state index in [2.05, 4.69) is 79.1 Å². The molecule has 0 radical (unpaired) electrons. The Morgan fingerprint density at radius 3 is 1.80 bits per heavy atom. The number of hydrogen-bond donors (Lipinski definition) is 3. The van der Waals surface area contributed by atoms with Crippen LogP contribution in [0, 0.1) is 0 Å². The third-order valence-electron chi connectivity index (χ3n) is 7.28. The van der Waals surface area contributed by atoms with Gasteiger partial charge in [-0.05, 0) is 70.6 Å². The molecule has 0 saturated carbocycles. The Bertz CT molecular complexity index is 1010. The van der Waals surface area contributed by atoms with Gasteiger partial charge in [0.2, 0.25) is 0 Å². The van der Waals surface area contributed by atoms with Gasteiger partial charge in [-0.2, -0.15) is 0 Å². The van der Waals surface area contributed by atoms with Crippen molar-refractivity contribution >= 4 is 19.8 Å². The first-order valence-electron chi connectivity index (χ1n) is 18.3. The number of carboxylic acids is 1. The lowest BCUT2D eigenvalue weighted by Gasteiger charge is -2.20. The second kappa shape index (κ2) is 34.1. The maximum Gasteiger partial charge on any atom is 0.472 e. The molecule has 0 aliphatic carbocycles. The van der Waals surface area contributed by atoms with Crippen LogP contribution in [0.2, 0.25) is 0 Å². The molecule has 0 amide bonds. The predicted octanol–water partition coefficient (Wildman–Crippen LogP) is 9.30. The molecule has 0 aliphatic heterocycles. The fourth-order valence-corrected chi connectivity index (χ4v) is 5.17. The highest BCUT2D eigenvalue weighted by atomic mass is 31.2. The van der Waals surface area contributed by atoms with Gasteiger partial charge in [-0.25, -0.2) is 4.57 Å². The summed E-state index contributed by atoms with van der Waals surface area (Å²) in [6.07, 6.45) is 38.5. The molecule has 0 spiro atoms. The van der Waals surface area contributed by atoms with Crippen LogP contribution in [0.15, 0.2) is 60.8 Å². The molecule has 0 heterocycles. The molecule has 3 unspecified atom stereocenters. The molecule has 0 aromatic rings. The molecule has 3 atom stereocenters. The summed E-state index contributed by atoms with van der Waals surface area (Å²) in [5, 5.41) is 8.85.